The Hall–Kier alpha value is -2.27. The number of carbonyl (C=O) groups is 2. The number of rotatable bonds is 9. The molecule has 138 valence electrons. The molecule has 0 bridgehead atoms. The molecule has 0 saturated heterocycles. The molecule has 2 amide bonds. The summed E-state index contributed by atoms with van der Waals surface area (Å²) in [4.78, 5) is 26.7. The van der Waals surface area contributed by atoms with E-state index < -0.39 is 6.04 Å². The van der Waals surface area contributed by atoms with E-state index in [4.69, 9.17) is 0 Å². The number of benzene rings is 2. The fraction of sp³-hybridized carbons (Fsp3) is 0.333. The summed E-state index contributed by atoms with van der Waals surface area (Å²) in [7, 11) is 0. The molecule has 1 N–H and O–H groups in total. The third-order valence-electron chi connectivity index (χ3n) is 4.05. The number of hydrogen-bond donors (Lipinski definition) is 1. The van der Waals surface area contributed by atoms with Crippen molar-refractivity contribution in [2.45, 2.75) is 32.2 Å². The Labute approximate surface area is 160 Å². The summed E-state index contributed by atoms with van der Waals surface area (Å²) in [5.41, 5.74) is 2.21. The van der Waals surface area contributed by atoms with Crippen molar-refractivity contribution in [1.82, 2.24) is 10.2 Å². The minimum absolute atomic E-state index is 0.0199. The molecule has 0 spiro atoms. The topological polar surface area (TPSA) is 49.4 Å². The number of amides is 2. The molecule has 0 unspecified atom stereocenters. The molecule has 0 aliphatic heterocycles. The predicted molar refractivity (Wildman–Crippen MR) is 108 cm³/mol. The smallest absolute Gasteiger partial charge is 0.242 e. The van der Waals surface area contributed by atoms with Crippen LogP contribution in [0.2, 0.25) is 0 Å². The van der Waals surface area contributed by atoms with E-state index in [9.17, 15) is 9.59 Å². The largest absolute Gasteiger partial charge is 0.355 e. The maximum Gasteiger partial charge on any atom is 0.242 e. The lowest BCUT2D eigenvalue weighted by Crippen LogP contribution is -2.48. The van der Waals surface area contributed by atoms with Crippen LogP contribution in [0.1, 0.15) is 25.0 Å². The molecule has 2 aromatic rings. The second-order valence-electron chi connectivity index (χ2n) is 6.06. The molecule has 1 atom stereocenters. The standard InChI is InChI=1S/C21H26N2O2S/c1-3-22-21(25)17(2)23(14-18-10-6-4-7-11-18)20(24)16-26-15-19-12-8-5-9-13-19/h4-13,17H,3,14-16H2,1-2H3,(H,22,25)/t17-/m1/s1. The second kappa shape index (κ2) is 10.7. The van der Waals surface area contributed by atoms with Crippen molar-refractivity contribution >= 4 is 23.6 Å². The summed E-state index contributed by atoms with van der Waals surface area (Å²) in [5, 5.41) is 2.81. The van der Waals surface area contributed by atoms with E-state index in [0.29, 0.717) is 18.8 Å². The molecule has 2 aromatic carbocycles. The first-order valence-corrected chi connectivity index (χ1v) is 10.00. The molecule has 0 aliphatic rings. The molecule has 0 aromatic heterocycles. The lowest BCUT2D eigenvalue weighted by atomic mass is 10.1. The van der Waals surface area contributed by atoms with Gasteiger partial charge in [0.15, 0.2) is 0 Å². The van der Waals surface area contributed by atoms with E-state index in [2.05, 4.69) is 17.4 Å². The third kappa shape index (κ3) is 6.23. The fourth-order valence-corrected chi connectivity index (χ4v) is 3.47. The molecular weight excluding hydrogens is 344 g/mol. The van der Waals surface area contributed by atoms with Crippen molar-refractivity contribution in [3.63, 3.8) is 0 Å². The van der Waals surface area contributed by atoms with Crippen LogP contribution in [-0.4, -0.2) is 35.1 Å². The number of hydrogen-bond acceptors (Lipinski definition) is 3. The van der Waals surface area contributed by atoms with Crippen LogP contribution in [0.15, 0.2) is 60.7 Å². The number of nitrogens with one attached hydrogen (secondary N) is 1. The molecule has 0 heterocycles. The van der Waals surface area contributed by atoms with Gasteiger partial charge in [-0.1, -0.05) is 60.7 Å². The van der Waals surface area contributed by atoms with Gasteiger partial charge < -0.3 is 10.2 Å². The highest BCUT2D eigenvalue weighted by atomic mass is 32.2. The van der Waals surface area contributed by atoms with Gasteiger partial charge in [0.2, 0.25) is 11.8 Å². The van der Waals surface area contributed by atoms with Crippen molar-refractivity contribution in [1.29, 1.82) is 0 Å². The van der Waals surface area contributed by atoms with Gasteiger partial charge in [-0.25, -0.2) is 0 Å². The second-order valence-corrected chi connectivity index (χ2v) is 7.04. The van der Waals surface area contributed by atoms with Crippen molar-refractivity contribution < 1.29 is 9.59 Å². The first-order chi connectivity index (χ1) is 12.6. The Bertz CT molecular complexity index is 692. The van der Waals surface area contributed by atoms with Crippen LogP contribution in [0.4, 0.5) is 0 Å². The van der Waals surface area contributed by atoms with Gasteiger partial charge in [-0.05, 0) is 25.0 Å². The normalized spacial score (nSPS) is 11.6. The predicted octanol–water partition coefficient (Wildman–Crippen LogP) is 3.47. The molecule has 4 nitrogen and oxygen atoms in total. The zero-order valence-electron chi connectivity index (χ0n) is 15.4. The first-order valence-electron chi connectivity index (χ1n) is 8.84. The zero-order valence-corrected chi connectivity index (χ0v) is 16.2. The molecule has 0 aliphatic carbocycles. The monoisotopic (exact) mass is 370 g/mol. The van der Waals surface area contributed by atoms with Gasteiger partial charge in [-0.2, -0.15) is 0 Å². The Morgan fingerprint density at radius 1 is 1.00 bits per heavy atom. The average molecular weight is 371 g/mol. The molecular formula is C21H26N2O2S. The number of carbonyl (C=O) groups excluding carboxylic acids is 2. The molecule has 0 fully saturated rings. The van der Waals surface area contributed by atoms with Crippen molar-refractivity contribution in [3.8, 4) is 0 Å². The maximum absolute atomic E-state index is 12.8. The zero-order chi connectivity index (χ0) is 18.8. The van der Waals surface area contributed by atoms with Crippen LogP contribution >= 0.6 is 11.8 Å². The van der Waals surface area contributed by atoms with Gasteiger partial charge in [-0.15, -0.1) is 11.8 Å². The van der Waals surface area contributed by atoms with Gasteiger partial charge in [0.25, 0.3) is 0 Å². The highest BCUT2D eigenvalue weighted by Gasteiger charge is 2.25. The van der Waals surface area contributed by atoms with E-state index in [1.54, 1.807) is 23.6 Å². The number of likely N-dealkylation sites (N-methyl/N-ethyl adjacent to an activating group) is 1. The summed E-state index contributed by atoms with van der Waals surface area (Å²) >= 11 is 1.57. The molecule has 5 heteroatoms. The Morgan fingerprint density at radius 3 is 2.15 bits per heavy atom. The summed E-state index contributed by atoms with van der Waals surface area (Å²) in [5.74, 6) is 0.991. The number of thioether (sulfide) groups is 1. The highest BCUT2D eigenvalue weighted by molar-refractivity contribution is 7.99. The van der Waals surface area contributed by atoms with Crippen molar-refractivity contribution in [2.75, 3.05) is 12.3 Å². The van der Waals surface area contributed by atoms with E-state index in [1.807, 2.05) is 55.5 Å². The van der Waals surface area contributed by atoms with E-state index in [0.717, 1.165) is 11.3 Å². The van der Waals surface area contributed by atoms with E-state index >= 15 is 0 Å². The first kappa shape index (κ1) is 20.0. The van der Waals surface area contributed by atoms with Gasteiger partial charge in [0.05, 0.1) is 5.75 Å². The van der Waals surface area contributed by atoms with Crippen molar-refractivity contribution in [3.05, 3.63) is 71.8 Å². The summed E-state index contributed by atoms with van der Waals surface area (Å²) in [6.45, 7) is 4.65. The fourth-order valence-electron chi connectivity index (χ4n) is 2.60. The van der Waals surface area contributed by atoms with E-state index in [1.165, 1.54) is 5.56 Å². The summed E-state index contributed by atoms with van der Waals surface area (Å²) in [6, 6.07) is 19.4. The molecule has 0 radical (unpaired) electrons. The van der Waals surface area contributed by atoms with Gasteiger partial charge >= 0.3 is 0 Å². The average Bonchev–Trinajstić information content (AvgIpc) is 2.67. The van der Waals surface area contributed by atoms with Crippen LogP contribution in [0.5, 0.6) is 0 Å². The van der Waals surface area contributed by atoms with Crippen LogP contribution in [0, 0.1) is 0 Å². The van der Waals surface area contributed by atoms with E-state index in [-0.39, 0.29) is 11.8 Å². The number of nitrogens with zero attached hydrogens (tertiary/aromatic N) is 1. The van der Waals surface area contributed by atoms with Gasteiger partial charge in [0.1, 0.15) is 6.04 Å². The highest BCUT2D eigenvalue weighted by Crippen LogP contribution is 2.15. The Balaban J connectivity index is 2.01. The lowest BCUT2D eigenvalue weighted by molar-refractivity contribution is -0.138. The lowest BCUT2D eigenvalue weighted by Gasteiger charge is -2.28. The summed E-state index contributed by atoms with van der Waals surface area (Å²) in [6.07, 6.45) is 0. The minimum Gasteiger partial charge on any atom is -0.355 e. The molecule has 26 heavy (non-hydrogen) atoms. The van der Waals surface area contributed by atoms with Crippen LogP contribution in [-0.2, 0) is 21.9 Å². The molecule has 0 saturated carbocycles. The Morgan fingerprint density at radius 2 is 1.58 bits per heavy atom. The summed E-state index contributed by atoms with van der Waals surface area (Å²) < 4.78 is 0. The Kier molecular flexibility index (Phi) is 8.22. The van der Waals surface area contributed by atoms with Gasteiger partial charge in [-0.3, -0.25) is 9.59 Å². The van der Waals surface area contributed by atoms with Crippen molar-refractivity contribution in [2.24, 2.45) is 0 Å². The van der Waals surface area contributed by atoms with Crippen LogP contribution < -0.4 is 5.32 Å². The SMILES string of the molecule is CCNC(=O)[C@@H](C)N(Cc1ccccc1)C(=O)CSCc1ccccc1. The van der Waals surface area contributed by atoms with Crippen LogP contribution in [0.25, 0.3) is 0 Å². The minimum atomic E-state index is -0.500. The third-order valence-corrected chi connectivity index (χ3v) is 5.04. The maximum atomic E-state index is 12.8. The molecule has 2 rings (SSSR count). The van der Waals surface area contributed by atoms with Gasteiger partial charge in [0, 0.05) is 18.8 Å². The van der Waals surface area contributed by atoms with Crippen LogP contribution in [0.3, 0.4) is 0 Å². The quantitative estimate of drug-likeness (QED) is 0.735.